The van der Waals surface area contributed by atoms with Crippen LogP contribution in [-0.4, -0.2) is 27.7 Å². The lowest BCUT2D eigenvalue weighted by Gasteiger charge is -2.01. The molecule has 3 rings (SSSR count). The first-order valence-corrected chi connectivity index (χ1v) is 5.76. The minimum Gasteiger partial charge on any atom is -0.465 e. The fourth-order valence-electron chi connectivity index (χ4n) is 1.79. The summed E-state index contributed by atoms with van der Waals surface area (Å²) in [6.45, 7) is 0. The Bertz CT molecular complexity index is 763. The number of rotatable bonds is 2. The minimum atomic E-state index is -0.470. The summed E-state index contributed by atoms with van der Waals surface area (Å²) in [5.74, 6) is 0.467. The predicted molar refractivity (Wildman–Crippen MR) is 67.0 cm³/mol. The van der Waals surface area contributed by atoms with Crippen molar-refractivity contribution in [2.24, 2.45) is 0 Å². The van der Waals surface area contributed by atoms with Gasteiger partial charge in [-0.15, -0.1) is 10.2 Å². The zero-order valence-corrected chi connectivity index (χ0v) is 10.6. The van der Waals surface area contributed by atoms with Crippen LogP contribution in [0.4, 0.5) is 0 Å². The van der Waals surface area contributed by atoms with E-state index in [0.717, 1.165) is 0 Å². The van der Waals surface area contributed by atoms with Crippen molar-refractivity contribution < 1.29 is 13.9 Å². The molecule has 0 bridgehead atoms. The van der Waals surface area contributed by atoms with E-state index in [-0.39, 0.29) is 5.22 Å². The van der Waals surface area contributed by atoms with Crippen LogP contribution in [0, 0.1) is 0 Å². The van der Waals surface area contributed by atoms with E-state index in [1.807, 2.05) is 0 Å². The number of halogens is 1. The summed E-state index contributed by atoms with van der Waals surface area (Å²) in [4.78, 5) is 11.6. The first-order valence-electron chi connectivity index (χ1n) is 5.38. The lowest BCUT2D eigenvalue weighted by atomic mass is 10.2. The van der Waals surface area contributed by atoms with Crippen LogP contribution in [0.1, 0.15) is 10.4 Å². The van der Waals surface area contributed by atoms with Crippen molar-refractivity contribution in [3.63, 3.8) is 0 Å². The Labute approximate surface area is 112 Å². The van der Waals surface area contributed by atoms with E-state index >= 15 is 0 Å². The lowest BCUT2D eigenvalue weighted by Crippen LogP contribution is -2.04. The summed E-state index contributed by atoms with van der Waals surface area (Å²) >= 11 is 5.73. The van der Waals surface area contributed by atoms with Gasteiger partial charge >= 0.3 is 5.97 Å². The van der Waals surface area contributed by atoms with Gasteiger partial charge in [-0.05, 0) is 35.9 Å². The normalized spacial score (nSPS) is 10.8. The zero-order valence-electron chi connectivity index (χ0n) is 9.83. The van der Waals surface area contributed by atoms with Gasteiger partial charge in [0.25, 0.3) is 0 Å². The zero-order chi connectivity index (χ0) is 13.4. The molecule has 0 spiro atoms. The van der Waals surface area contributed by atoms with Crippen molar-refractivity contribution in [3.8, 4) is 11.6 Å². The molecule has 0 aliphatic rings. The number of furan rings is 1. The van der Waals surface area contributed by atoms with Crippen LogP contribution in [-0.2, 0) is 4.74 Å². The predicted octanol–water partition coefficient (Wildman–Crippen LogP) is 2.43. The molecule has 96 valence electrons. The van der Waals surface area contributed by atoms with Crippen LogP contribution in [0.15, 0.2) is 34.9 Å². The average Bonchev–Trinajstić information content (AvgIpc) is 3.03. The van der Waals surface area contributed by atoms with E-state index < -0.39 is 5.97 Å². The van der Waals surface area contributed by atoms with Crippen LogP contribution >= 0.6 is 11.6 Å². The number of hydrogen-bond acceptors (Lipinski definition) is 5. The lowest BCUT2D eigenvalue weighted by molar-refractivity contribution is 0.0602. The number of carbonyl (C=O) groups is 1. The van der Waals surface area contributed by atoms with Crippen LogP contribution in [0.3, 0.4) is 0 Å². The third kappa shape index (κ3) is 1.86. The maximum atomic E-state index is 11.6. The summed E-state index contributed by atoms with van der Waals surface area (Å²) < 4.78 is 11.6. The quantitative estimate of drug-likeness (QED) is 0.673. The summed E-state index contributed by atoms with van der Waals surface area (Å²) in [5.41, 5.74) is 0.735. The topological polar surface area (TPSA) is 69.6 Å². The molecule has 3 aromatic heterocycles. The molecular formula is C12H8ClN3O3. The maximum absolute atomic E-state index is 11.6. The van der Waals surface area contributed by atoms with Crippen LogP contribution in [0.2, 0.25) is 5.22 Å². The number of pyridine rings is 1. The van der Waals surface area contributed by atoms with Crippen LogP contribution < -0.4 is 0 Å². The summed E-state index contributed by atoms with van der Waals surface area (Å²) in [6.07, 6.45) is 1.73. The molecule has 0 saturated heterocycles. The molecule has 6 nitrogen and oxygen atoms in total. The first-order chi connectivity index (χ1) is 9.20. The third-order valence-electron chi connectivity index (χ3n) is 2.63. The minimum absolute atomic E-state index is 0.260. The standard InChI is InChI=1S/C12H8ClN3O3/c1-18-12(17)7-3-2-6-16-10(7)14-15-11(16)8-4-5-9(13)19-8/h2-6H,1H3. The van der Waals surface area contributed by atoms with Gasteiger partial charge in [-0.3, -0.25) is 4.40 Å². The largest absolute Gasteiger partial charge is 0.465 e. The molecule has 3 heterocycles. The van der Waals surface area contributed by atoms with Crippen molar-refractivity contribution in [2.45, 2.75) is 0 Å². The monoisotopic (exact) mass is 277 g/mol. The maximum Gasteiger partial charge on any atom is 0.341 e. The second-order valence-corrected chi connectivity index (χ2v) is 4.11. The molecule has 0 radical (unpaired) electrons. The van der Waals surface area contributed by atoms with Gasteiger partial charge in [-0.1, -0.05) is 0 Å². The Morgan fingerprint density at radius 1 is 1.37 bits per heavy atom. The van der Waals surface area contributed by atoms with Crippen LogP contribution in [0.5, 0.6) is 0 Å². The molecule has 0 unspecified atom stereocenters. The number of methoxy groups -OCH3 is 1. The molecule has 0 fully saturated rings. The molecule has 0 aliphatic heterocycles. The highest BCUT2D eigenvalue weighted by Crippen LogP contribution is 2.24. The highest BCUT2D eigenvalue weighted by atomic mass is 35.5. The highest BCUT2D eigenvalue weighted by Gasteiger charge is 2.17. The Balaban J connectivity index is 2.22. The van der Waals surface area contributed by atoms with Crippen molar-refractivity contribution in [1.29, 1.82) is 0 Å². The van der Waals surface area contributed by atoms with E-state index in [1.165, 1.54) is 7.11 Å². The molecule has 0 saturated carbocycles. The number of ether oxygens (including phenoxy) is 1. The van der Waals surface area contributed by atoms with Crippen molar-refractivity contribution in [2.75, 3.05) is 7.11 Å². The summed E-state index contributed by atoms with van der Waals surface area (Å²) in [5, 5.41) is 8.25. The van der Waals surface area contributed by atoms with Gasteiger partial charge in [-0.2, -0.15) is 0 Å². The Kier molecular flexibility index (Phi) is 2.72. The number of fused-ring (bicyclic) bond motifs is 1. The smallest absolute Gasteiger partial charge is 0.341 e. The molecule has 19 heavy (non-hydrogen) atoms. The van der Waals surface area contributed by atoms with Gasteiger partial charge in [0.15, 0.2) is 16.6 Å². The summed E-state index contributed by atoms with van der Waals surface area (Å²) in [6, 6.07) is 6.62. The average molecular weight is 278 g/mol. The number of aromatic nitrogens is 3. The number of carbonyl (C=O) groups excluding carboxylic acids is 1. The van der Waals surface area contributed by atoms with E-state index in [2.05, 4.69) is 10.2 Å². The van der Waals surface area contributed by atoms with Gasteiger partial charge in [0.05, 0.1) is 7.11 Å². The van der Waals surface area contributed by atoms with E-state index in [4.69, 9.17) is 20.8 Å². The molecule has 0 amide bonds. The van der Waals surface area contributed by atoms with E-state index in [9.17, 15) is 4.79 Å². The van der Waals surface area contributed by atoms with Gasteiger partial charge in [-0.25, -0.2) is 4.79 Å². The van der Waals surface area contributed by atoms with E-state index in [1.54, 1.807) is 34.9 Å². The molecule has 0 aliphatic carbocycles. The van der Waals surface area contributed by atoms with Crippen molar-refractivity contribution in [1.82, 2.24) is 14.6 Å². The Morgan fingerprint density at radius 3 is 2.89 bits per heavy atom. The SMILES string of the molecule is COC(=O)c1cccn2c(-c3ccc(Cl)o3)nnc12. The number of esters is 1. The van der Waals surface area contributed by atoms with Crippen molar-refractivity contribution >= 4 is 23.2 Å². The van der Waals surface area contributed by atoms with Crippen LogP contribution in [0.25, 0.3) is 17.2 Å². The molecule has 0 atom stereocenters. The third-order valence-corrected chi connectivity index (χ3v) is 2.84. The molecule has 0 aromatic carbocycles. The molecular weight excluding hydrogens is 270 g/mol. The molecule has 3 aromatic rings. The Morgan fingerprint density at radius 2 is 2.21 bits per heavy atom. The highest BCUT2D eigenvalue weighted by molar-refractivity contribution is 6.28. The van der Waals surface area contributed by atoms with Gasteiger partial charge in [0.2, 0.25) is 5.82 Å². The second kappa shape index (κ2) is 4.40. The second-order valence-electron chi connectivity index (χ2n) is 3.73. The molecule has 7 heteroatoms. The fraction of sp³-hybridized carbons (Fsp3) is 0.0833. The van der Waals surface area contributed by atoms with Gasteiger partial charge in [0, 0.05) is 6.20 Å². The number of nitrogens with zero attached hydrogens (tertiary/aromatic N) is 3. The molecule has 0 N–H and O–H groups in total. The van der Waals surface area contributed by atoms with Gasteiger partial charge in [0.1, 0.15) is 5.56 Å². The first kappa shape index (κ1) is 11.7. The fourth-order valence-corrected chi connectivity index (χ4v) is 1.93. The van der Waals surface area contributed by atoms with Crippen molar-refractivity contribution in [3.05, 3.63) is 41.2 Å². The van der Waals surface area contributed by atoms with E-state index in [0.29, 0.717) is 22.8 Å². The number of hydrogen-bond donors (Lipinski definition) is 0. The van der Waals surface area contributed by atoms with Gasteiger partial charge < -0.3 is 9.15 Å². The Hall–Kier alpha value is -2.34. The summed E-state index contributed by atoms with van der Waals surface area (Å²) in [7, 11) is 1.31.